The summed E-state index contributed by atoms with van der Waals surface area (Å²) in [5.41, 5.74) is 4.34. The van der Waals surface area contributed by atoms with E-state index in [1.54, 1.807) is 39.9 Å². The second-order valence-electron chi connectivity index (χ2n) is 7.21. The number of nitrogens with zero attached hydrogens (tertiary/aromatic N) is 3. The second kappa shape index (κ2) is 7.79. The van der Waals surface area contributed by atoms with Gasteiger partial charge in [0.15, 0.2) is 0 Å². The van der Waals surface area contributed by atoms with E-state index in [1.807, 2.05) is 6.07 Å². The number of piperazine rings is 1. The zero-order valence-electron chi connectivity index (χ0n) is 15.9. The molecule has 12 heteroatoms. The predicted octanol–water partition coefficient (Wildman–Crippen LogP) is 2.65. The van der Waals surface area contributed by atoms with Gasteiger partial charge in [-0.1, -0.05) is 29.4 Å². The van der Waals surface area contributed by atoms with Gasteiger partial charge in [-0.3, -0.25) is 5.43 Å². The predicted molar refractivity (Wildman–Crippen MR) is 120 cm³/mol. The topological polar surface area (TPSA) is 85.0 Å². The number of hydrazine groups is 1. The minimum absolute atomic E-state index is 0.109. The van der Waals surface area contributed by atoms with Gasteiger partial charge in [0, 0.05) is 54.6 Å². The largest absolute Gasteiger partial charge is 0.377 e. The molecule has 30 heavy (non-hydrogen) atoms. The van der Waals surface area contributed by atoms with Crippen LogP contribution >= 0.6 is 34.7 Å². The van der Waals surface area contributed by atoms with Gasteiger partial charge in [0.25, 0.3) is 10.0 Å². The van der Waals surface area contributed by atoms with Crippen LogP contribution in [0, 0.1) is 0 Å². The van der Waals surface area contributed by atoms with E-state index in [4.69, 9.17) is 11.6 Å². The van der Waals surface area contributed by atoms with Crippen LogP contribution in [0.15, 0.2) is 39.2 Å². The SMILES string of the molecule is O=C(N1CCN(S(=O)(=O)c2cc3ccc(Cl)cc3s2)CC1)N1CCC2=C(N1)SCN2. The van der Waals surface area contributed by atoms with E-state index in [0.29, 0.717) is 28.9 Å². The molecule has 1 fully saturated rings. The van der Waals surface area contributed by atoms with Gasteiger partial charge in [-0.15, -0.1) is 11.3 Å². The highest BCUT2D eigenvalue weighted by Gasteiger charge is 2.34. The molecule has 160 valence electrons. The molecule has 0 bridgehead atoms. The Balaban J connectivity index is 1.25. The Bertz CT molecular complexity index is 1140. The number of thioether (sulfide) groups is 1. The smallest absolute Gasteiger partial charge is 0.338 e. The minimum atomic E-state index is -3.60. The lowest BCUT2D eigenvalue weighted by Gasteiger charge is -2.38. The molecule has 0 unspecified atom stereocenters. The number of sulfonamides is 1. The van der Waals surface area contributed by atoms with E-state index in [9.17, 15) is 13.2 Å². The van der Waals surface area contributed by atoms with Crippen LogP contribution in [-0.2, 0) is 10.0 Å². The number of halogens is 1. The molecular weight excluding hydrogens is 466 g/mol. The van der Waals surface area contributed by atoms with Crippen molar-refractivity contribution in [2.45, 2.75) is 10.6 Å². The Morgan fingerprint density at radius 1 is 1.10 bits per heavy atom. The molecule has 2 aromatic rings. The molecule has 0 radical (unpaired) electrons. The Kier molecular flexibility index (Phi) is 5.26. The maximum Gasteiger partial charge on any atom is 0.338 e. The molecule has 2 amide bonds. The second-order valence-corrected chi connectivity index (χ2v) is 11.9. The van der Waals surface area contributed by atoms with Crippen LogP contribution in [0.25, 0.3) is 10.1 Å². The lowest BCUT2D eigenvalue weighted by molar-refractivity contribution is 0.119. The first-order valence-corrected chi connectivity index (χ1v) is 13.2. The number of thiophene rings is 1. The molecule has 1 aromatic carbocycles. The summed E-state index contributed by atoms with van der Waals surface area (Å²) in [6.07, 6.45) is 0.797. The van der Waals surface area contributed by atoms with Crippen LogP contribution in [0.1, 0.15) is 6.42 Å². The highest BCUT2D eigenvalue weighted by atomic mass is 35.5. The number of fused-ring (bicyclic) bond motifs is 1. The highest BCUT2D eigenvalue weighted by Crippen LogP contribution is 2.33. The van der Waals surface area contributed by atoms with E-state index in [0.717, 1.165) is 33.1 Å². The Hall–Kier alpha value is -1.66. The van der Waals surface area contributed by atoms with Gasteiger partial charge < -0.3 is 10.2 Å². The molecule has 2 N–H and O–H groups in total. The Morgan fingerprint density at radius 3 is 2.70 bits per heavy atom. The lowest BCUT2D eigenvalue weighted by atomic mass is 10.3. The van der Waals surface area contributed by atoms with E-state index >= 15 is 0 Å². The number of hydrogen-bond acceptors (Lipinski definition) is 7. The van der Waals surface area contributed by atoms with E-state index < -0.39 is 10.0 Å². The van der Waals surface area contributed by atoms with E-state index in [1.165, 1.54) is 15.6 Å². The number of carbonyl (C=O) groups excluding carboxylic acids is 1. The van der Waals surface area contributed by atoms with Crippen molar-refractivity contribution in [3.63, 3.8) is 0 Å². The minimum Gasteiger partial charge on any atom is -0.377 e. The van der Waals surface area contributed by atoms with Crippen molar-refractivity contribution in [3.05, 3.63) is 40.0 Å². The fourth-order valence-corrected chi connectivity index (χ4v) is 7.90. The molecule has 8 nitrogen and oxygen atoms in total. The number of carbonyl (C=O) groups is 1. The Morgan fingerprint density at radius 2 is 1.90 bits per heavy atom. The summed E-state index contributed by atoms with van der Waals surface area (Å²) < 4.78 is 28.8. The van der Waals surface area contributed by atoms with Crippen molar-refractivity contribution < 1.29 is 13.2 Å². The van der Waals surface area contributed by atoms with Crippen molar-refractivity contribution in [2.75, 3.05) is 38.6 Å². The quantitative estimate of drug-likeness (QED) is 0.680. The first-order valence-electron chi connectivity index (χ1n) is 9.54. The third kappa shape index (κ3) is 3.62. The van der Waals surface area contributed by atoms with Crippen LogP contribution in [0.5, 0.6) is 0 Å². The van der Waals surface area contributed by atoms with Gasteiger partial charge in [0.05, 0.1) is 5.88 Å². The zero-order chi connectivity index (χ0) is 20.9. The number of amides is 2. The third-order valence-corrected chi connectivity index (χ3v) is 9.99. The van der Waals surface area contributed by atoms with Crippen LogP contribution < -0.4 is 10.7 Å². The Labute approximate surface area is 187 Å². The summed E-state index contributed by atoms with van der Waals surface area (Å²) in [6.45, 7) is 1.88. The average molecular weight is 486 g/mol. The number of hydrogen-bond donors (Lipinski definition) is 2. The molecule has 3 aliphatic heterocycles. The third-order valence-electron chi connectivity index (χ3n) is 5.39. The molecule has 4 heterocycles. The van der Waals surface area contributed by atoms with Crippen LogP contribution in [-0.4, -0.2) is 67.3 Å². The monoisotopic (exact) mass is 485 g/mol. The van der Waals surface area contributed by atoms with Crippen LogP contribution in [0.2, 0.25) is 5.02 Å². The molecule has 3 aliphatic rings. The number of rotatable bonds is 2. The molecule has 0 atom stereocenters. The van der Waals surface area contributed by atoms with E-state index in [-0.39, 0.29) is 19.1 Å². The summed E-state index contributed by atoms with van der Waals surface area (Å²) in [7, 11) is -3.60. The van der Waals surface area contributed by atoms with Gasteiger partial charge in [-0.05, 0) is 23.6 Å². The molecule has 0 aliphatic carbocycles. The number of benzene rings is 1. The fourth-order valence-electron chi connectivity index (χ4n) is 3.74. The van der Waals surface area contributed by atoms with Crippen molar-refractivity contribution in [1.82, 2.24) is 25.0 Å². The summed E-state index contributed by atoms with van der Waals surface area (Å²) in [5, 5.41) is 7.37. The van der Waals surface area contributed by atoms with Gasteiger partial charge >= 0.3 is 6.03 Å². The number of urea groups is 1. The maximum atomic E-state index is 13.1. The standard InChI is InChI=1S/C18H20ClN5O3S3/c19-13-2-1-12-9-16(29-15(12)10-13)30(26,27)23-7-5-22(6-8-23)18(25)24-4-3-14-17(21-24)28-11-20-14/h1-2,9-10,20-21H,3-8,11H2. The molecule has 1 aromatic heterocycles. The van der Waals surface area contributed by atoms with Gasteiger partial charge in [-0.2, -0.15) is 4.31 Å². The summed E-state index contributed by atoms with van der Waals surface area (Å²) in [5.74, 6) is 0.820. The van der Waals surface area contributed by atoms with Gasteiger partial charge in [0.1, 0.15) is 9.24 Å². The van der Waals surface area contributed by atoms with Gasteiger partial charge in [0.2, 0.25) is 0 Å². The van der Waals surface area contributed by atoms with Gasteiger partial charge in [-0.25, -0.2) is 18.2 Å². The van der Waals surface area contributed by atoms with Crippen molar-refractivity contribution in [2.24, 2.45) is 0 Å². The average Bonchev–Trinajstić information content (AvgIpc) is 3.39. The normalized spacial score (nSPS) is 20.3. The summed E-state index contributed by atoms with van der Waals surface area (Å²) in [4.78, 5) is 14.6. The van der Waals surface area contributed by atoms with Crippen LogP contribution in [0.3, 0.4) is 0 Å². The molecular formula is C18H20ClN5O3S3. The highest BCUT2D eigenvalue weighted by molar-refractivity contribution is 8.03. The summed E-state index contributed by atoms with van der Waals surface area (Å²) in [6, 6.07) is 6.95. The van der Waals surface area contributed by atoms with Crippen molar-refractivity contribution in [1.29, 1.82) is 0 Å². The zero-order valence-corrected chi connectivity index (χ0v) is 19.1. The first kappa shape index (κ1) is 20.3. The molecule has 0 spiro atoms. The molecule has 5 rings (SSSR count). The maximum absolute atomic E-state index is 13.1. The number of nitrogens with one attached hydrogen (secondary N) is 2. The first-order chi connectivity index (χ1) is 14.4. The van der Waals surface area contributed by atoms with Crippen LogP contribution in [0.4, 0.5) is 4.79 Å². The lowest BCUT2D eigenvalue weighted by Crippen LogP contribution is -2.57. The molecule has 1 saturated heterocycles. The van der Waals surface area contributed by atoms with E-state index in [2.05, 4.69) is 10.7 Å². The molecule has 0 saturated carbocycles. The fraction of sp³-hybridized carbons (Fsp3) is 0.389. The van der Waals surface area contributed by atoms with Crippen molar-refractivity contribution >= 4 is 60.8 Å². The summed E-state index contributed by atoms with van der Waals surface area (Å²) >= 11 is 8.90. The van der Waals surface area contributed by atoms with Crippen molar-refractivity contribution in [3.8, 4) is 0 Å².